The minimum Gasteiger partial charge on any atom is -0.508 e. The van der Waals surface area contributed by atoms with Gasteiger partial charge in [0.1, 0.15) is 11.5 Å². The third kappa shape index (κ3) is 5.43. The van der Waals surface area contributed by atoms with Gasteiger partial charge in [0.2, 0.25) is 5.91 Å². The molecule has 3 aromatic rings. The number of phenolic OH excluding ortho intramolecular Hbond substituents is 2. The molecule has 6 N–H and O–H groups in total. The van der Waals surface area contributed by atoms with Crippen molar-refractivity contribution in [3.63, 3.8) is 0 Å². The third-order valence-corrected chi connectivity index (χ3v) is 7.06. The van der Waals surface area contributed by atoms with E-state index in [1.807, 2.05) is 27.7 Å². The van der Waals surface area contributed by atoms with E-state index in [0.717, 1.165) is 64.0 Å². The molecule has 35 heavy (non-hydrogen) atoms. The number of hydrogen-bond acceptors (Lipinski definition) is 5. The van der Waals surface area contributed by atoms with E-state index < -0.39 is 6.04 Å². The van der Waals surface area contributed by atoms with E-state index in [4.69, 9.17) is 5.73 Å². The van der Waals surface area contributed by atoms with Crippen molar-refractivity contribution in [2.45, 2.75) is 59.0 Å². The Bertz CT molecular complexity index is 1220. The summed E-state index contributed by atoms with van der Waals surface area (Å²) in [5, 5.41) is 26.3. The molecule has 0 saturated heterocycles. The average Bonchev–Trinajstić information content (AvgIpc) is 2.78. The van der Waals surface area contributed by atoms with Gasteiger partial charge in [-0.25, -0.2) is 0 Å². The van der Waals surface area contributed by atoms with Crippen LogP contribution in [0, 0.1) is 27.7 Å². The van der Waals surface area contributed by atoms with Crippen molar-refractivity contribution in [3.05, 3.63) is 87.0 Å². The van der Waals surface area contributed by atoms with Crippen LogP contribution in [0.1, 0.15) is 57.0 Å². The molecule has 0 bridgehead atoms. The molecule has 0 spiro atoms. The number of carbonyl (C=O) groups is 1. The number of hydrogen-bond donors (Lipinski definition) is 5. The number of carbonyl (C=O) groups excluding carboxylic acids is 1. The molecule has 0 saturated carbocycles. The highest BCUT2D eigenvalue weighted by atomic mass is 16.3. The summed E-state index contributed by atoms with van der Waals surface area (Å²) in [6.45, 7) is 8.66. The first kappa shape index (κ1) is 24.6. The number of anilines is 1. The molecular weight excluding hydrogens is 438 g/mol. The van der Waals surface area contributed by atoms with Gasteiger partial charge in [0, 0.05) is 12.2 Å². The second kappa shape index (κ2) is 10.0. The monoisotopic (exact) mass is 473 g/mol. The van der Waals surface area contributed by atoms with Crippen LogP contribution in [0.5, 0.6) is 11.5 Å². The second-order valence-corrected chi connectivity index (χ2v) is 9.80. The number of nitrogens with two attached hydrogens (primary N) is 1. The van der Waals surface area contributed by atoms with Crippen LogP contribution in [0.2, 0.25) is 0 Å². The second-order valence-electron chi connectivity index (χ2n) is 9.80. The predicted octanol–water partition coefficient (Wildman–Crippen LogP) is 4.47. The maximum Gasteiger partial charge on any atom is 0.237 e. The lowest BCUT2D eigenvalue weighted by Crippen LogP contribution is -2.44. The lowest BCUT2D eigenvalue weighted by molar-refractivity contribution is -0.123. The molecular formula is C29H35N3O3. The summed E-state index contributed by atoms with van der Waals surface area (Å²) in [7, 11) is 0. The lowest BCUT2D eigenvalue weighted by Gasteiger charge is -2.29. The summed E-state index contributed by atoms with van der Waals surface area (Å²) < 4.78 is 0. The van der Waals surface area contributed by atoms with E-state index in [1.54, 1.807) is 24.3 Å². The molecule has 1 heterocycles. The summed E-state index contributed by atoms with van der Waals surface area (Å²) >= 11 is 0. The van der Waals surface area contributed by atoms with Gasteiger partial charge in [0.25, 0.3) is 0 Å². The number of aromatic hydroxyl groups is 2. The maximum absolute atomic E-state index is 13.1. The number of fused-ring (bicyclic) bond motifs is 1. The molecule has 6 nitrogen and oxygen atoms in total. The first-order valence-electron chi connectivity index (χ1n) is 12.1. The number of nitrogens with one attached hydrogen (secondary N) is 2. The van der Waals surface area contributed by atoms with Crippen molar-refractivity contribution in [1.29, 1.82) is 0 Å². The molecule has 0 unspecified atom stereocenters. The third-order valence-electron chi connectivity index (χ3n) is 7.06. The van der Waals surface area contributed by atoms with Crippen molar-refractivity contribution in [2.75, 3.05) is 11.9 Å². The SMILES string of the molecule is Cc1cc(O)cc(C)c1Cc1ccc2c(c1)[C@H](NC(=O)[C@@H](N)Cc1c(C)cc(O)cc1C)CCN2. The summed E-state index contributed by atoms with van der Waals surface area (Å²) in [6.07, 6.45) is 1.95. The fraction of sp³-hybridized carbons (Fsp3) is 0.345. The fourth-order valence-electron chi connectivity index (χ4n) is 5.17. The van der Waals surface area contributed by atoms with Crippen molar-refractivity contribution in [2.24, 2.45) is 5.73 Å². The largest absolute Gasteiger partial charge is 0.508 e. The van der Waals surface area contributed by atoms with E-state index in [1.165, 1.54) is 5.56 Å². The summed E-state index contributed by atoms with van der Waals surface area (Å²) in [6, 6.07) is 12.6. The molecule has 1 amide bonds. The van der Waals surface area contributed by atoms with E-state index in [9.17, 15) is 15.0 Å². The van der Waals surface area contributed by atoms with E-state index in [0.29, 0.717) is 6.42 Å². The highest BCUT2D eigenvalue weighted by Crippen LogP contribution is 2.32. The van der Waals surface area contributed by atoms with Gasteiger partial charge in [-0.3, -0.25) is 4.79 Å². The maximum atomic E-state index is 13.1. The number of rotatable bonds is 6. The van der Waals surface area contributed by atoms with Crippen molar-refractivity contribution in [1.82, 2.24) is 5.32 Å². The van der Waals surface area contributed by atoms with Crippen LogP contribution >= 0.6 is 0 Å². The molecule has 0 aromatic heterocycles. The zero-order valence-corrected chi connectivity index (χ0v) is 20.9. The molecule has 0 aliphatic carbocycles. The Morgan fingerprint density at radius 2 is 1.54 bits per heavy atom. The quantitative estimate of drug-likeness (QED) is 0.363. The molecule has 3 aromatic carbocycles. The minimum absolute atomic E-state index is 0.117. The van der Waals surface area contributed by atoms with Crippen LogP contribution in [0.15, 0.2) is 42.5 Å². The molecule has 184 valence electrons. The molecule has 1 aliphatic rings. The highest BCUT2D eigenvalue weighted by molar-refractivity contribution is 5.82. The predicted molar refractivity (Wildman–Crippen MR) is 140 cm³/mol. The van der Waals surface area contributed by atoms with E-state index in [-0.39, 0.29) is 23.4 Å². The first-order valence-corrected chi connectivity index (χ1v) is 12.1. The van der Waals surface area contributed by atoms with Gasteiger partial charge in [-0.05, 0) is 122 Å². The minimum atomic E-state index is -0.680. The van der Waals surface area contributed by atoms with Crippen LogP contribution in [0.4, 0.5) is 5.69 Å². The van der Waals surface area contributed by atoms with Crippen LogP contribution in [0.25, 0.3) is 0 Å². The Hall–Kier alpha value is -3.51. The molecule has 0 radical (unpaired) electrons. The normalized spacial score (nSPS) is 15.7. The Kier molecular flexibility index (Phi) is 7.03. The van der Waals surface area contributed by atoms with Gasteiger partial charge in [0.15, 0.2) is 0 Å². The van der Waals surface area contributed by atoms with Crippen LogP contribution < -0.4 is 16.4 Å². The van der Waals surface area contributed by atoms with Crippen LogP contribution in [-0.4, -0.2) is 28.7 Å². The summed E-state index contributed by atoms with van der Waals surface area (Å²) in [5.41, 5.74) is 15.8. The van der Waals surface area contributed by atoms with Crippen LogP contribution in [-0.2, 0) is 17.6 Å². The summed E-state index contributed by atoms with van der Waals surface area (Å²) in [4.78, 5) is 13.1. The highest BCUT2D eigenvalue weighted by Gasteiger charge is 2.25. The Morgan fingerprint density at radius 3 is 2.14 bits per heavy atom. The molecule has 4 rings (SSSR count). The number of amides is 1. The Morgan fingerprint density at radius 1 is 0.971 bits per heavy atom. The van der Waals surface area contributed by atoms with Crippen LogP contribution in [0.3, 0.4) is 0 Å². The number of benzene rings is 3. The summed E-state index contributed by atoms with van der Waals surface area (Å²) in [5.74, 6) is 0.335. The Balaban J connectivity index is 1.51. The average molecular weight is 474 g/mol. The zero-order chi connectivity index (χ0) is 25.3. The lowest BCUT2D eigenvalue weighted by atomic mass is 9.91. The number of aryl methyl sites for hydroxylation is 4. The van der Waals surface area contributed by atoms with Crippen molar-refractivity contribution >= 4 is 11.6 Å². The van der Waals surface area contributed by atoms with E-state index >= 15 is 0 Å². The Labute approximate surface area is 207 Å². The fourth-order valence-corrected chi connectivity index (χ4v) is 5.17. The topological polar surface area (TPSA) is 108 Å². The zero-order valence-electron chi connectivity index (χ0n) is 20.9. The van der Waals surface area contributed by atoms with Crippen molar-refractivity contribution < 1.29 is 15.0 Å². The van der Waals surface area contributed by atoms with Gasteiger partial charge in [0.05, 0.1) is 12.1 Å². The van der Waals surface area contributed by atoms with Gasteiger partial charge in [-0.2, -0.15) is 0 Å². The van der Waals surface area contributed by atoms with E-state index in [2.05, 4.69) is 28.8 Å². The van der Waals surface area contributed by atoms with Gasteiger partial charge in [-0.15, -0.1) is 0 Å². The van der Waals surface area contributed by atoms with Gasteiger partial charge in [-0.1, -0.05) is 12.1 Å². The number of phenols is 2. The van der Waals surface area contributed by atoms with Crippen molar-refractivity contribution in [3.8, 4) is 11.5 Å². The standard InChI is InChI=1S/C29H35N3O3/c1-16-9-21(33)10-17(2)23(16)13-20-5-6-27-25(14-20)28(7-8-31-27)32-29(35)26(30)15-24-18(3)11-22(34)12-19(24)4/h5-6,9-12,14,26,28,31,33-34H,7-8,13,15,30H2,1-4H3,(H,32,35)/t26-,28+/m0/s1. The molecule has 6 heteroatoms. The van der Waals surface area contributed by atoms with Gasteiger partial charge < -0.3 is 26.6 Å². The smallest absolute Gasteiger partial charge is 0.237 e. The molecule has 2 atom stereocenters. The molecule has 1 aliphatic heterocycles. The first-order chi connectivity index (χ1) is 16.6. The molecule has 0 fully saturated rings. The van der Waals surface area contributed by atoms with Gasteiger partial charge >= 0.3 is 0 Å².